The first-order valence-corrected chi connectivity index (χ1v) is 7.22. The number of nitrogens with zero attached hydrogens (tertiary/aromatic N) is 1. The van der Waals surface area contributed by atoms with Crippen molar-refractivity contribution in [1.82, 2.24) is 9.97 Å². The smallest absolute Gasteiger partial charge is 0.130 e. The standard InChI is InChI=1S/C13H22N2S2/c1-12(2,3)9-7-11(16)15-10(14-9)8-17-13(4,5)6/h7H,8H2,1-6H3,(H,14,15,16). The lowest BCUT2D eigenvalue weighted by atomic mass is 9.92. The summed E-state index contributed by atoms with van der Waals surface area (Å²) in [6, 6.07) is 1.96. The van der Waals surface area contributed by atoms with Crippen molar-refractivity contribution in [2.75, 3.05) is 0 Å². The highest BCUT2D eigenvalue weighted by Crippen LogP contribution is 2.27. The van der Waals surface area contributed by atoms with Gasteiger partial charge in [0.2, 0.25) is 0 Å². The van der Waals surface area contributed by atoms with Crippen molar-refractivity contribution >= 4 is 24.0 Å². The molecule has 0 aliphatic carbocycles. The molecule has 1 N–H and O–H groups in total. The van der Waals surface area contributed by atoms with Crippen LogP contribution in [0.2, 0.25) is 0 Å². The minimum absolute atomic E-state index is 0.0810. The molecule has 1 rings (SSSR count). The van der Waals surface area contributed by atoms with Crippen LogP contribution in [0.4, 0.5) is 0 Å². The van der Waals surface area contributed by atoms with E-state index in [2.05, 4.69) is 51.5 Å². The molecule has 0 radical (unpaired) electrons. The summed E-state index contributed by atoms with van der Waals surface area (Å²) in [5, 5.41) is 0. The Kier molecular flexibility index (Phi) is 4.42. The highest BCUT2D eigenvalue weighted by atomic mass is 32.2. The van der Waals surface area contributed by atoms with Crippen LogP contribution in [0.1, 0.15) is 53.1 Å². The van der Waals surface area contributed by atoms with Crippen LogP contribution in [-0.2, 0) is 11.2 Å². The average molecular weight is 270 g/mol. The zero-order valence-electron chi connectivity index (χ0n) is 11.5. The van der Waals surface area contributed by atoms with Crippen molar-refractivity contribution in [3.8, 4) is 0 Å². The first kappa shape index (κ1) is 14.7. The maximum atomic E-state index is 5.22. The highest BCUT2D eigenvalue weighted by Gasteiger charge is 2.16. The van der Waals surface area contributed by atoms with Gasteiger partial charge in [-0.3, -0.25) is 0 Å². The molecule has 0 aliphatic heterocycles. The van der Waals surface area contributed by atoms with Crippen LogP contribution in [-0.4, -0.2) is 14.7 Å². The second-order valence-electron chi connectivity index (χ2n) is 6.23. The highest BCUT2D eigenvalue weighted by molar-refractivity contribution is 7.99. The van der Waals surface area contributed by atoms with Gasteiger partial charge in [-0.1, -0.05) is 53.8 Å². The first-order chi connectivity index (χ1) is 7.58. The molecular formula is C13H22N2S2. The Morgan fingerprint density at radius 3 is 2.29 bits per heavy atom. The Bertz CT molecular complexity index is 436. The van der Waals surface area contributed by atoms with Crippen molar-refractivity contribution in [1.29, 1.82) is 0 Å². The molecule has 96 valence electrons. The molecule has 0 atom stereocenters. The van der Waals surface area contributed by atoms with Gasteiger partial charge >= 0.3 is 0 Å². The van der Waals surface area contributed by atoms with Gasteiger partial charge in [-0.15, -0.1) is 11.8 Å². The van der Waals surface area contributed by atoms with E-state index in [1.807, 2.05) is 17.8 Å². The van der Waals surface area contributed by atoms with Crippen LogP contribution in [0.25, 0.3) is 0 Å². The summed E-state index contributed by atoms with van der Waals surface area (Å²) >= 11 is 7.10. The Morgan fingerprint density at radius 2 is 1.82 bits per heavy atom. The number of hydrogen-bond acceptors (Lipinski definition) is 3. The molecule has 4 heteroatoms. The van der Waals surface area contributed by atoms with E-state index in [1.54, 1.807) is 0 Å². The molecule has 1 aromatic heterocycles. The van der Waals surface area contributed by atoms with Crippen LogP contribution in [0.15, 0.2) is 6.07 Å². The maximum Gasteiger partial charge on any atom is 0.130 e. The summed E-state index contributed by atoms with van der Waals surface area (Å²) in [6.45, 7) is 13.1. The van der Waals surface area contributed by atoms with Crippen molar-refractivity contribution in [3.63, 3.8) is 0 Å². The fourth-order valence-electron chi connectivity index (χ4n) is 1.27. The molecule has 0 amide bonds. The van der Waals surface area contributed by atoms with E-state index in [-0.39, 0.29) is 10.2 Å². The Labute approximate surface area is 114 Å². The second-order valence-corrected chi connectivity index (χ2v) is 8.45. The minimum Gasteiger partial charge on any atom is -0.346 e. The molecule has 0 aromatic carbocycles. The Hall–Kier alpha value is -0.350. The molecule has 0 saturated heterocycles. The monoisotopic (exact) mass is 270 g/mol. The zero-order valence-corrected chi connectivity index (χ0v) is 13.2. The summed E-state index contributed by atoms with van der Waals surface area (Å²) in [4.78, 5) is 7.79. The van der Waals surface area contributed by atoms with E-state index >= 15 is 0 Å². The molecule has 2 nitrogen and oxygen atoms in total. The lowest BCUT2D eigenvalue weighted by molar-refractivity contribution is 0.563. The number of H-pyrrole nitrogens is 1. The normalized spacial score (nSPS) is 12.8. The van der Waals surface area contributed by atoms with Crippen molar-refractivity contribution in [2.45, 2.75) is 57.5 Å². The van der Waals surface area contributed by atoms with Gasteiger partial charge in [0, 0.05) is 15.9 Å². The molecule has 0 saturated carbocycles. The van der Waals surface area contributed by atoms with Crippen molar-refractivity contribution < 1.29 is 0 Å². The molecule has 0 spiro atoms. The van der Waals surface area contributed by atoms with Gasteiger partial charge in [-0.05, 0) is 6.07 Å². The lowest BCUT2D eigenvalue weighted by Gasteiger charge is -2.21. The molecular weight excluding hydrogens is 248 g/mol. The molecule has 17 heavy (non-hydrogen) atoms. The fraction of sp³-hybridized carbons (Fsp3) is 0.692. The van der Waals surface area contributed by atoms with Gasteiger partial charge in [0.1, 0.15) is 10.5 Å². The Balaban J connectivity index is 2.95. The molecule has 1 aromatic rings. The molecule has 1 heterocycles. The number of rotatable bonds is 2. The number of aromatic nitrogens is 2. The topological polar surface area (TPSA) is 28.7 Å². The third kappa shape index (κ3) is 5.21. The predicted octanol–water partition coefficient (Wildman–Crippen LogP) is 4.47. The van der Waals surface area contributed by atoms with Gasteiger partial charge in [0.05, 0.1) is 5.75 Å². The van der Waals surface area contributed by atoms with E-state index < -0.39 is 0 Å². The third-order valence-electron chi connectivity index (χ3n) is 2.24. The molecule has 0 fully saturated rings. The number of thioether (sulfide) groups is 1. The van der Waals surface area contributed by atoms with E-state index in [4.69, 9.17) is 12.2 Å². The number of nitrogens with one attached hydrogen (secondary N) is 1. The average Bonchev–Trinajstić information content (AvgIpc) is 2.11. The van der Waals surface area contributed by atoms with Gasteiger partial charge < -0.3 is 4.98 Å². The van der Waals surface area contributed by atoms with E-state index in [9.17, 15) is 0 Å². The van der Waals surface area contributed by atoms with Gasteiger partial charge in [-0.2, -0.15) is 0 Å². The van der Waals surface area contributed by atoms with E-state index in [0.717, 1.165) is 17.3 Å². The quantitative estimate of drug-likeness (QED) is 0.804. The van der Waals surface area contributed by atoms with Crippen LogP contribution in [0, 0.1) is 4.64 Å². The van der Waals surface area contributed by atoms with Crippen molar-refractivity contribution in [3.05, 3.63) is 22.2 Å². The molecule has 0 aliphatic rings. The lowest BCUT2D eigenvalue weighted by Crippen LogP contribution is -2.16. The summed E-state index contributed by atoms with van der Waals surface area (Å²) < 4.78 is 0.924. The fourth-order valence-corrected chi connectivity index (χ4v) is 2.20. The SMILES string of the molecule is CC(C)(C)SCc1nc(=S)cc(C(C)(C)C)[nH]1. The first-order valence-electron chi connectivity index (χ1n) is 5.83. The predicted molar refractivity (Wildman–Crippen MR) is 79.2 cm³/mol. The minimum atomic E-state index is 0.0810. The van der Waals surface area contributed by atoms with Crippen molar-refractivity contribution in [2.24, 2.45) is 0 Å². The summed E-state index contributed by atoms with van der Waals surface area (Å²) in [7, 11) is 0. The van der Waals surface area contributed by atoms with E-state index in [0.29, 0.717) is 4.64 Å². The number of aromatic amines is 1. The second kappa shape index (κ2) is 5.11. The summed E-state index contributed by atoms with van der Waals surface area (Å²) in [5.41, 5.74) is 1.24. The zero-order chi connectivity index (χ0) is 13.3. The maximum absolute atomic E-state index is 5.22. The van der Waals surface area contributed by atoms with Gasteiger partial charge in [-0.25, -0.2) is 4.98 Å². The van der Waals surface area contributed by atoms with E-state index in [1.165, 1.54) is 0 Å². The summed E-state index contributed by atoms with van der Waals surface area (Å²) in [6.07, 6.45) is 0. The van der Waals surface area contributed by atoms with Crippen LogP contribution < -0.4 is 0 Å². The number of hydrogen-bond donors (Lipinski definition) is 1. The largest absolute Gasteiger partial charge is 0.346 e. The van der Waals surface area contributed by atoms with Crippen LogP contribution in [0.5, 0.6) is 0 Å². The summed E-state index contributed by atoms with van der Waals surface area (Å²) in [5.74, 6) is 1.85. The molecule has 0 bridgehead atoms. The third-order valence-corrected chi connectivity index (χ3v) is 3.73. The van der Waals surface area contributed by atoms with Gasteiger partial charge in [0.15, 0.2) is 0 Å². The van der Waals surface area contributed by atoms with Crippen LogP contribution in [0.3, 0.4) is 0 Å². The van der Waals surface area contributed by atoms with Gasteiger partial charge in [0.25, 0.3) is 0 Å². The Morgan fingerprint density at radius 1 is 1.24 bits per heavy atom. The molecule has 0 unspecified atom stereocenters. The van der Waals surface area contributed by atoms with Crippen LogP contribution >= 0.6 is 24.0 Å².